The quantitative estimate of drug-likeness (QED) is 0.747. The first-order valence-electron chi connectivity index (χ1n) is 8.50. The number of hydrogen-bond acceptors (Lipinski definition) is 2. The topological polar surface area (TPSA) is 48.1 Å². The molecule has 1 aliphatic rings. The molecule has 0 fully saturated rings. The smallest absolute Gasteiger partial charge is 0.258 e. The highest BCUT2D eigenvalue weighted by atomic mass is 16.2. The fourth-order valence-electron chi connectivity index (χ4n) is 3.51. The maximum atomic E-state index is 13.2. The second-order valence-electron chi connectivity index (χ2n) is 6.54. The summed E-state index contributed by atoms with van der Waals surface area (Å²) in [7, 11) is 0. The normalized spacial score (nSPS) is 16.5. The minimum Gasteiger partial charge on any atom is -0.362 e. The van der Waals surface area contributed by atoms with E-state index in [1.807, 2.05) is 54.3 Å². The van der Waals surface area contributed by atoms with Crippen LogP contribution in [0.2, 0.25) is 0 Å². The number of fused-ring (bicyclic) bond motifs is 1. The van der Waals surface area contributed by atoms with Crippen LogP contribution in [-0.2, 0) is 6.54 Å². The summed E-state index contributed by atoms with van der Waals surface area (Å²) in [5.74, 6) is 0.0569. The maximum absolute atomic E-state index is 13.2. The Labute approximate surface area is 147 Å². The number of nitrogens with zero attached hydrogens (tertiary/aromatic N) is 1. The zero-order chi connectivity index (χ0) is 17.4. The van der Waals surface area contributed by atoms with Gasteiger partial charge in [-0.3, -0.25) is 4.79 Å². The fraction of sp³-hybridized carbons (Fsp3) is 0.190. The van der Waals surface area contributed by atoms with E-state index in [-0.39, 0.29) is 12.1 Å². The molecular formula is C21H21N3O. The van der Waals surface area contributed by atoms with Crippen molar-refractivity contribution in [2.24, 2.45) is 0 Å². The Hall–Kier alpha value is -3.01. The summed E-state index contributed by atoms with van der Waals surface area (Å²) in [4.78, 5) is 18.5. The lowest BCUT2D eigenvalue weighted by Gasteiger charge is -2.38. The molecule has 0 saturated heterocycles. The van der Waals surface area contributed by atoms with Gasteiger partial charge in [0.1, 0.15) is 6.17 Å². The maximum Gasteiger partial charge on any atom is 0.258 e. The summed E-state index contributed by atoms with van der Waals surface area (Å²) in [6.07, 6.45) is -0.187. The predicted molar refractivity (Wildman–Crippen MR) is 99.4 cm³/mol. The lowest BCUT2D eigenvalue weighted by Crippen LogP contribution is -2.42. The summed E-state index contributed by atoms with van der Waals surface area (Å²) in [6, 6.07) is 19.9. The molecule has 1 amide bonds. The molecule has 2 aromatic carbocycles. The number of amides is 1. The van der Waals surface area contributed by atoms with Crippen LogP contribution < -0.4 is 5.32 Å². The third kappa shape index (κ3) is 2.80. The van der Waals surface area contributed by atoms with E-state index >= 15 is 0 Å². The summed E-state index contributed by atoms with van der Waals surface area (Å²) in [6.45, 7) is 4.65. The average Bonchev–Trinajstić information content (AvgIpc) is 2.96. The van der Waals surface area contributed by atoms with Gasteiger partial charge in [0, 0.05) is 29.2 Å². The van der Waals surface area contributed by atoms with Crippen molar-refractivity contribution in [3.8, 4) is 0 Å². The Kier molecular flexibility index (Phi) is 3.80. The van der Waals surface area contributed by atoms with E-state index in [0.29, 0.717) is 6.54 Å². The summed E-state index contributed by atoms with van der Waals surface area (Å²) in [5, 5.41) is 3.55. The van der Waals surface area contributed by atoms with Crippen LogP contribution >= 0.6 is 0 Å². The SMILES string of the molecule is Cc1cc([C@H]2Nc3ccccc3C(=O)N2Cc2ccccc2)c(C)[nH]1. The highest BCUT2D eigenvalue weighted by Crippen LogP contribution is 2.35. The summed E-state index contributed by atoms with van der Waals surface area (Å²) < 4.78 is 0. The zero-order valence-electron chi connectivity index (χ0n) is 14.4. The minimum atomic E-state index is -0.187. The molecule has 0 spiro atoms. The molecule has 4 nitrogen and oxygen atoms in total. The van der Waals surface area contributed by atoms with E-state index < -0.39 is 0 Å². The van der Waals surface area contributed by atoms with Gasteiger partial charge in [-0.2, -0.15) is 0 Å². The number of aromatic amines is 1. The van der Waals surface area contributed by atoms with Crippen LogP contribution in [0.25, 0.3) is 0 Å². The molecule has 2 heterocycles. The number of para-hydroxylation sites is 1. The standard InChI is InChI=1S/C21H21N3O/c1-14-12-18(15(2)22-14)20-23-19-11-7-6-10-17(19)21(25)24(20)13-16-8-4-3-5-9-16/h3-12,20,22-23H,13H2,1-2H3/t20-/m0/s1. The lowest BCUT2D eigenvalue weighted by atomic mass is 10.0. The van der Waals surface area contributed by atoms with Gasteiger partial charge in [-0.25, -0.2) is 0 Å². The first kappa shape index (κ1) is 15.5. The van der Waals surface area contributed by atoms with E-state index in [0.717, 1.165) is 33.8 Å². The highest BCUT2D eigenvalue weighted by Gasteiger charge is 2.34. The summed E-state index contributed by atoms with van der Waals surface area (Å²) >= 11 is 0. The van der Waals surface area contributed by atoms with Crippen LogP contribution in [0.5, 0.6) is 0 Å². The van der Waals surface area contributed by atoms with E-state index in [1.54, 1.807) is 0 Å². The molecule has 0 unspecified atom stereocenters. The molecule has 0 radical (unpaired) electrons. The molecule has 25 heavy (non-hydrogen) atoms. The van der Waals surface area contributed by atoms with Gasteiger partial charge in [-0.05, 0) is 37.6 Å². The predicted octanol–water partition coefficient (Wildman–Crippen LogP) is 4.40. The van der Waals surface area contributed by atoms with E-state index in [1.165, 1.54) is 0 Å². The van der Waals surface area contributed by atoms with Gasteiger partial charge in [-0.15, -0.1) is 0 Å². The Bertz CT molecular complexity index is 914. The second-order valence-corrected chi connectivity index (χ2v) is 6.54. The van der Waals surface area contributed by atoms with Gasteiger partial charge < -0.3 is 15.2 Å². The number of nitrogens with one attached hydrogen (secondary N) is 2. The van der Waals surface area contributed by atoms with Crippen LogP contribution in [0.4, 0.5) is 5.69 Å². The Balaban J connectivity index is 1.78. The molecule has 0 aliphatic carbocycles. The zero-order valence-corrected chi connectivity index (χ0v) is 14.4. The van der Waals surface area contributed by atoms with Crippen molar-refractivity contribution < 1.29 is 4.79 Å². The number of rotatable bonds is 3. The van der Waals surface area contributed by atoms with Gasteiger partial charge >= 0.3 is 0 Å². The molecule has 4 rings (SSSR count). The number of aryl methyl sites for hydroxylation is 2. The number of carbonyl (C=O) groups excluding carboxylic acids is 1. The number of hydrogen-bond donors (Lipinski definition) is 2. The van der Waals surface area contributed by atoms with E-state index in [2.05, 4.69) is 35.4 Å². The van der Waals surface area contributed by atoms with E-state index in [4.69, 9.17) is 0 Å². The van der Waals surface area contributed by atoms with Crippen LogP contribution in [-0.4, -0.2) is 15.8 Å². The Morgan fingerprint density at radius 1 is 1.00 bits per heavy atom. The Morgan fingerprint density at radius 3 is 2.44 bits per heavy atom. The summed E-state index contributed by atoms with van der Waals surface area (Å²) in [5.41, 5.74) is 6.02. The number of H-pyrrole nitrogens is 1. The molecule has 0 bridgehead atoms. The minimum absolute atomic E-state index is 0.0569. The van der Waals surface area contributed by atoms with Crippen molar-refractivity contribution in [2.75, 3.05) is 5.32 Å². The van der Waals surface area contributed by atoms with Crippen molar-refractivity contribution in [3.05, 3.63) is 88.7 Å². The number of anilines is 1. The van der Waals surface area contributed by atoms with Gasteiger partial charge in [0.25, 0.3) is 5.91 Å². The molecular weight excluding hydrogens is 310 g/mol. The molecule has 2 N–H and O–H groups in total. The van der Waals surface area contributed by atoms with Crippen molar-refractivity contribution in [3.63, 3.8) is 0 Å². The molecule has 1 aliphatic heterocycles. The van der Waals surface area contributed by atoms with Gasteiger partial charge in [0.2, 0.25) is 0 Å². The third-order valence-electron chi connectivity index (χ3n) is 4.70. The third-order valence-corrected chi connectivity index (χ3v) is 4.70. The van der Waals surface area contributed by atoms with Crippen molar-refractivity contribution in [1.82, 2.24) is 9.88 Å². The monoisotopic (exact) mass is 331 g/mol. The highest BCUT2D eigenvalue weighted by molar-refractivity contribution is 6.01. The van der Waals surface area contributed by atoms with Crippen LogP contribution in [0.3, 0.4) is 0 Å². The van der Waals surface area contributed by atoms with Gasteiger partial charge in [0.05, 0.1) is 5.56 Å². The van der Waals surface area contributed by atoms with Crippen LogP contribution in [0, 0.1) is 13.8 Å². The largest absolute Gasteiger partial charge is 0.362 e. The molecule has 1 aromatic heterocycles. The number of benzene rings is 2. The lowest BCUT2D eigenvalue weighted by molar-refractivity contribution is 0.0666. The van der Waals surface area contributed by atoms with Gasteiger partial charge in [-0.1, -0.05) is 42.5 Å². The van der Waals surface area contributed by atoms with Gasteiger partial charge in [0.15, 0.2) is 0 Å². The number of aromatic nitrogens is 1. The van der Waals surface area contributed by atoms with Crippen molar-refractivity contribution in [2.45, 2.75) is 26.6 Å². The Morgan fingerprint density at radius 2 is 1.72 bits per heavy atom. The molecule has 3 aromatic rings. The first-order chi connectivity index (χ1) is 12.1. The van der Waals surface area contributed by atoms with Crippen LogP contribution in [0.15, 0.2) is 60.7 Å². The fourth-order valence-corrected chi connectivity index (χ4v) is 3.51. The molecule has 1 atom stereocenters. The van der Waals surface area contributed by atoms with Crippen LogP contribution in [0.1, 0.15) is 39.0 Å². The average molecular weight is 331 g/mol. The first-order valence-corrected chi connectivity index (χ1v) is 8.50. The molecule has 126 valence electrons. The van der Waals surface area contributed by atoms with Crippen molar-refractivity contribution >= 4 is 11.6 Å². The molecule has 4 heteroatoms. The second kappa shape index (κ2) is 6.13. The molecule has 0 saturated carbocycles. The van der Waals surface area contributed by atoms with Crippen molar-refractivity contribution in [1.29, 1.82) is 0 Å². The number of carbonyl (C=O) groups is 1. The van der Waals surface area contributed by atoms with E-state index in [9.17, 15) is 4.79 Å².